The zero-order valence-corrected chi connectivity index (χ0v) is 7.29. The van der Waals surface area contributed by atoms with E-state index in [0.717, 1.165) is 0 Å². The zero-order chi connectivity index (χ0) is 8.97. The van der Waals surface area contributed by atoms with Gasteiger partial charge in [-0.3, -0.25) is 0 Å². The van der Waals surface area contributed by atoms with Crippen LogP contribution in [0.2, 0.25) is 0 Å². The van der Waals surface area contributed by atoms with Crippen LogP contribution >= 0.6 is 0 Å². The van der Waals surface area contributed by atoms with Gasteiger partial charge in [0.1, 0.15) is 0 Å². The van der Waals surface area contributed by atoms with Gasteiger partial charge in [0.2, 0.25) is 0 Å². The van der Waals surface area contributed by atoms with Crippen molar-refractivity contribution >= 4 is 5.97 Å². The number of hydrogen-bond donors (Lipinski definition) is 1. The predicted molar refractivity (Wildman–Crippen MR) is 47.9 cm³/mol. The van der Waals surface area contributed by atoms with Crippen LogP contribution in [-0.2, 0) is 4.79 Å². The Morgan fingerprint density at radius 3 is 2.58 bits per heavy atom. The van der Waals surface area contributed by atoms with Gasteiger partial charge in [0.15, 0.2) is 0 Å². The van der Waals surface area contributed by atoms with Crippen LogP contribution < -0.4 is 0 Å². The third-order valence-corrected chi connectivity index (χ3v) is 2.35. The first-order valence-corrected chi connectivity index (χ1v) is 4.28. The molecule has 0 aromatic rings. The number of carboxylic acid groups (broad SMARTS) is 1. The monoisotopic (exact) mass is 166 g/mol. The SMILES string of the molecule is C/C(=C\C=C\C(=O)O)C1CCC1. The van der Waals surface area contributed by atoms with Crippen LogP contribution in [-0.4, -0.2) is 11.1 Å². The van der Waals surface area contributed by atoms with Crippen LogP contribution in [0.1, 0.15) is 26.2 Å². The quantitative estimate of drug-likeness (QED) is 0.516. The second-order valence-electron chi connectivity index (χ2n) is 3.24. The Bertz CT molecular complexity index is 222. The zero-order valence-electron chi connectivity index (χ0n) is 7.29. The maximum atomic E-state index is 10.1. The Morgan fingerprint density at radius 2 is 2.17 bits per heavy atom. The summed E-state index contributed by atoms with van der Waals surface area (Å²) >= 11 is 0. The number of allylic oxidation sites excluding steroid dienone is 3. The molecular formula is C10H14O2. The molecule has 0 unspecified atom stereocenters. The molecule has 1 fully saturated rings. The molecule has 0 saturated heterocycles. The van der Waals surface area contributed by atoms with Gasteiger partial charge in [-0.1, -0.05) is 24.1 Å². The summed E-state index contributed by atoms with van der Waals surface area (Å²) in [5, 5.41) is 8.32. The molecule has 0 radical (unpaired) electrons. The summed E-state index contributed by atoms with van der Waals surface area (Å²) in [5.41, 5.74) is 1.30. The summed E-state index contributed by atoms with van der Waals surface area (Å²) in [7, 11) is 0. The second kappa shape index (κ2) is 4.10. The first-order valence-electron chi connectivity index (χ1n) is 4.28. The molecule has 0 aromatic heterocycles. The van der Waals surface area contributed by atoms with Crippen LogP contribution in [0.25, 0.3) is 0 Å². The molecule has 1 rings (SSSR count). The van der Waals surface area contributed by atoms with Gasteiger partial charge in [0, 0.05) is 6.08 Å². The lowest BCUT2D eigenvalue weighted by atomic mass is 9.80. The van der Waals surface area contributed by atoms with E-state index in [-0.39, 0.29) is 0 Å². The normalized spacial score (nSPS) is 19.6. The lowest BCUT2D eigenvalue weighted by Gasteiger charge is -2.25. The Morgan fingerprint density at radius 1 is 1.50 bits per heavy atom. The van der Waals surface area contributed by atoms with E-state index >= 15 is 0 Å². The number of carboxylic acids is 1. The molecule has 2 heteroatoms. The maximum Gasteiger partial charge on any atom is 0.328 e. The first kappa shape index (κ1) is 9.04. The van der Waals surface area contributed by atoms with Gasteiger partial charge in [0.25, 0.3) is 0 Å². The molecule has 1 saturated carbocycles. The maximum absolute atomic E-state index is 10.1. The van der Waals surface area contributed by atoms with Crippen molar-refractivity contribution in [2.75, 3.05) is 0 Å². The van der Waals surface area contributed by atoms with Crippen molar-refractivity contribution in [3.05, 3.63) is 23.8 Å². The molecule has 1 aliphatic rings. The molecule has 0 bridgehead atoms. The summed E-state index contributed by atoms with van der Waals surface area (Å²) < 4.78 is 0. The highest BCUT2D eigenvalue weighted by molar-refractivity contribution is 5.80. The largest absolute Gasteiger partial charge is 0.478 e. The summed E-state index contributed by atoms with van der Waals surface area (Å²) in [4.78, 5) is 10.1. The van der Waals surface area contributed by atoms with Gasteiger partial charge >= 0.3 is 5.97 Å². The van der Waals surface area contributed by atoms with Gasteiger partial charge in [-0.15, -0.1) is 0 Å². The number of aliphatic carboxylic acids is 1. The number of carbonyl (C=O) groups is 1. The van der Waals surface area contributed by atoms with E-state index in [0.29, 0.717) is 5.92 Å². The highest BCUT2D eigenvalue weighted by Gasteiger charge is 2.17. The Kier molecular flexibility index (Phi) is 3.09. The van der Waals surface area contributed by atoms with Gasteiger partial charge in [-0.2, -0.15) is 0 Å². The summed E-state index contributed by atoms with van der Waals surface area (Å²) in [6, 6.07) is 0. The Labute approximate surface area is 72.6 Å². The fourth-order valence-corrected chi connectivity index (χ4v) is 1.28. The highest BCUT2D eigenvalue weighted by Crippen LogP contribution is 2.32. The van der Waals surface area contributed by atoms with E-state index < -0.39 is 5.97 Å². The van der Waals surface area contributed by atoms with Crippen molar-refractivity contribution in [3.8, 4) is 0 Å². The minimum atomic E-state index is -0.882. The first-order chi connectivity index (χ1) is 5.70. The van der Waals surface area contributed by atoms with Crippen molar-refractivity contribution in [3.63, 3.8) is 0 Å². The molecule has 2 nitrogen and oxygen atoms in total. The van der Waals surface area contributed by atoms with Crippen LogP contribution in [0.5, 0.6) is 0 Å². The van der Waals surface area contributed by atoms with E-state index in [1.165, 1.54) is 30.9 Å². The van der Waals surface area contributed by atoms with Gasteiger partial charge in [-0.05, 0) is 25.7 Å². The molecule has 12 heavy (non-hydrogen) atoms. The second-order valence-corrected chi connectivity index (χ2v) is 3.24. The van der Waals surface area contributed by atoms with E-state index in [9.17, 15) is 4.79 Å². The Balaban J connectivity index is 2.39. The molecule has 0 aromatic carbocycles. The number of rotatable bonds is 3. The van der Waals surface area contributed by atoms with Gasteiger partial charge in [-0.25, -0.2) is 4.79 Å². The fourth-order valence-electron chi connectivity index (χ4n) is 1.28. The summed E-state index contributed by atoms with van der Waals surface area (Å²) in [6.07, 6.45) is 8.53. The summed E-state index contributed by atoms with van der Waals surface area (Å²) in [5.74, 6) is -0.170. The molecular weight excluding hydrogens is 152 g/mol. The third kappa shape index (κ3) is 2.53. The minimum absolute atomic E-state index is 0.712. The standard InChI is InChI=1S/C10H14O2/c1-8(9-5-3-6-9)4-2-7-10(11)12/h2,4,7,9H,3,5-6H2,1H3,(H,11,12)/b7-2+,8-4+. The third-order valence-electron chi connectivity index (χ3n) is 2.35. The topological polar surface area (TPSA) is 37.3 Å². The van der Waals surface area contributed by atoms with Crippen LogP contribution in [0, 0.1) is 5.92 Å². The molecule has 0 aliphatic heterocycles. The van der Waals surface area contributed by atoms with Crippen LogP contribution in [0.4, 0.5) is 0 Å². The van der Waals surface area contributed by atoms with E-state index in [1.807, 2.05) is 6.08 Å². The smallest absolute Gasteiger partial charge is 0.328 e. The molecule has 0 heterocycles. The van der Waals surface area contributed by atoms with Crippen molar-refractivity contribution < 1.29 is 9.90 Å². The van der Waals surface area contributed by atoms with Crippen LogP contribution in [0.3, 0.4) is 0 Å². The lowest BCUT2D eigenvalue weighted by molar-refractivity contribution is -0.131. The molecule has 0 amide bonds. The van der Waals surface area contributed by atoms with Crippen molar-refractivity contribution in [2.24, 2.45) is 5.92 Å². The van der Waals surface area contributed by atoms with E-state index in [1.54, 1.807) is 6.08 Å². The van der Waals surface area contributed by atoms with Gasteiger partial charge < -0.3 is 5.11 Å². The van der Waals surface area contributed by atoms with Gasteiger partial charge in [0.05, 0.1) is 0 Å². The number of hydrogen-bond acceptors (Lipinski definition) is 1. The molecule has 66 valence electrons. The Hall–Kier alpha value is -1.05. The van der Waals surface area contributed by atoms with E-state index in [2.05, 4.69) is 6.92 Å². The molecule has 1 N–H and O–H groups in total. The molecule has 1 aliphatic carbocycles. The molecule has 0 atom stereocenters. The fraction of sp³-hybridized carbons (Fsp3) is 0.500. The van der Waals surface area contributed by atoms with Crippen molar-refractivity contribution in [2.45, 2.75) is 26.2 Å². The highest BCUT2D eigenvalue weighted by atomic mass is 16.4. The lowest BCUT2D eigenvalue weighted by Crippen LogP contribution is -2.11. The average Bonchev–Trinajstić information content (AvgIpc) is 1.81. The minimum Gasteiger partial charge on any atom is -0.478 e. The van der Waals surface area contributed by atoms with Crippen LogP contribution in [0.15, 0.2) is 23.8 Å². The van der Waals surface area contributed by atoms with E-state index in [4.69, 9.17) is 5.11 Å². The average molecular weight is 166 g/mol. The molecule has 0 spiro atoms. The summed E-state index contributed by atoms with van der Waals surface area (Å²) in [6.45, 7) is 2.07. The van der Waals surface area contributed by atoms with Crippen molar-refractivity contribution in [1.82, 2.24) is 0 Å². The predicted octanol–water partition coefficient (Wildman–Crippen LogP) is 2.37. The van der Waals surface area contributed by atoms with Crippen molar-refractivity contribution in [1.29, 1.82) is 0 Å².